The van der Waals surface area contributed by atoms with Crippen LogP contribution in [-0.2, 0) is 19.6 Å². The smallest absolute Gasteiger partial charge is 0.303 e. The molecule has 134 valence electrons. The minimum Gasteiger partial charge on any atom is -0.481 e. The molecule has 0 aromatic heterocycles. The molecule has 24 heavy (non-hydrogen) atoms. The first kappa shape index (κ1) is 20.1. The number of carbonyl (C=O) groups is 2. The van der Waals surface area contributed by atoms with Crippen LogP contribution in [0.2, 0.25) is 0 Å². The second-order valence-electron chi connectivity index (χ2n) is 5.14. The Morgan fingerprint density at radius 2 is 1.88 bits per heavy atom. The van der Waals surface area contributed by atoms with E-state index in [2.05, 4.69) is 4.72 Å². The monoisotopic (exact) mass is 358 g/mol. The number of carbonyl (C=O) groups excluding carboxylic acids is 1. The third-order valence-corrected chi connectivity index (χ3v) is 4.72. The van der Waals surface area contributed by atoms with E-state index in [4.69, 9.17) is 9.84 Å². The molecular formula is C15H22N2O6S. The Morgan fingerprint density at radius 3 is 2.42 bits per heavy atom. The Kier molecular flexibility index (Phi) is 7.83. The van der Waals surface area contributed by atoms with E-state index in [9.17, 15) is 18.0 Å². The van der Waals surface area contributed by atoms with Crippen molar-refractivity contribution in [2.75, 3.05) is 33.9 Å². The summed E-state index contributed by atoms with van der Waals surface area (Å²) in [6, 6.07) is 5.57. The second-order valence-corrected chi connectivity index (χ2v) is 6.91. The normalized spacial score (nSPS) is 11.2. The molecule has 0 aliphatic rings. The highest BCUT2D eigenvalue weighted by molar-refractivity contribution is 7.89. The average Bonchev–Trinajstić information content (AvgIpc) is 2.54. The van der Waals surface area contributed by atoms with Crippen molar-refractivity contribution in [1.82, 2.24) is 9.62 Å². The molecule has 8 nitrogen and oxygen atoms in total. The first-order chi connectivity index (χ1) is 11.3. The highest BCUT2D eigenvalue weighted by atomic mass is 32.2. The fourth-order valence-corrected chi connectivity index (χ4v) is 2.94. The van der Waals surface area contributed by atoms with Crippen LogP contribution in [0.3, 0.4) is 0 Å². The van der Waals surface area contributed by atoms with Crippen LogP contribution < -0.4 is 4.72 Å². The maximum absolute atomic E-state index is 12.2. The quantitative estimate of drug-likeness (QED) is 0.591. The summed E-state index contributed by atoms with van der Waals surface area (Å²) >= 11 is 0. The Bertz CT molecular complexity index is 657. The summed E-state index contributed by atoms with van der Waals surface area (Å²) in [6.07, 6.45) is 0.343. The third-order valence-electron chi connectivity index (χ3n) is 3.24. The first-order valence-corrected chi connectivity index (χ1v) is 8.82. The van der Waals surface area contributed by atoms with Gasteiger partial charge in [0.15, 0.2) is 0 Å². The zero-order valence-corrected chi connectivity index (χ0v) is 14.5. The third kappa shape index (κ3) is 6.26. The molecule has 0 saturated carbocycles. The van der Waals surface area contributed by atoms with Crippen molar-refractivity contribution >= 4 is 21.9 Å². The van der Waals surface area contributed by atoms with Gasteiger partial charge >= 0.3 is 5.97 Å². The van der Waals surface area contributed by atoms with Crippen LogP contribution >= 0.6 is 0 Å². The minimum absolute atomic E-state index is 0.0120. The van der Waals surface area contributed by atoms with Gasteiger partial charge in [-0.3, -0.25) is 9.59 Å². The number of carboxylic acid groups (broad SMARTS) is 1. The van der Waals surface area contributed by atoms with Crippen molar-refractivity contribution in [2.24, 2.45) is 0 Å². The van der Waals surface area contributed by atoms with Gasteiger partial charge in [-0.15, -0.1) is 0 Å². The molecule has 0 aliphatic carbocycles. The molecular weight excluding hydrogens is 336 g/mol. The average molecular weight is 358 g/mol. The highest BCUT2D eigenvalue weighted by Gasteiger charge is 2.16. The number of nitrogens with one attached hydrogen (secondary N) is 1. The molecule has 1 rings (SSSR count). The summed E-state index contributed by atoms with van der Waals surface area (Å²) < 4.78 is 31.2. The van der Waals surface area contributed by atoms with Crippen molar-refractivity contribution in [1.29, 1.82) is 0 Å². The van der Waals surface area contributed by atoms with Gasteiger partial charge in [-0.05, 0) is 30.7 Å². The van der Waals surface area contributed by atoms with Gasteiger partial charge in [-0.25, -0.2) is 13.1 Å². The summed E-state index contributed by atoms with van der Waals surface area (Å²) in [7, 11) is -0.595. The van der Waals surface area contributed by atoms with Crippen molar-refractivity contribution in [2.45, 2.75) is 17.7 Å². The van der Waals surface area contributed by atoms with Crippen LogP contribution in [0.1, 0.15) is 23.2 Å². The van der Waals surface area contributed by atoms with Gasteiger partial charge in [0.1, 0.15) is 0 Å². The largest absolute Gasteiger partial charge is 0.481 e. The number of benzene rings is 1. The second kappa shape index (κ2) is 9.36. The Hall–Kier alpha value is -1.97. The van der Waals surface area contributed by atoms with Crippen LogP contribution in [0.5, 0.6) is 0 Å². The number of hydrogen-bond acceptors (Lipinski definition) is 5. The van der Waals surface area contributed by atoms with Gasteiger partial charge in [0, 0.05) is 39.2 Å². The fourth-order valence-electron chi connectivity index (χ4n) is 1.93. The minimum atomic E-state index is -3.64. The summed E-state index contributed by atoms with van der Waals surface area (Å²) in [6.45, 7) is 0.729. The number of methoxy groups -OCH3 is 1. The van der Waals surface area contributed by atoms with E-state index in [1.807, 2.05) is 0 Å². The van der Waals surface area contributed by atoms with Crippen molar-refractivity contribution < 1.29 is 27.9 Å². The number of ether oxygens (including phenoxy) is 1. The van der Waals surface area contributed by atoms with Gasteiger partial charge in [0.2, 0.25) is 10.0 Å². The molecule has 0 bridgehead atoms. The van der Waals surface area contributed by atoms with Crippen molar-refractivity contribution in [3.63, 3.8) is 0 Å². The topological polar surface area (TPSA) is 113 Å². The summed E-state index contributed by atoms with van der Waals surface area (Å²) in [5, 5.41) is 8.59. The maximum atomic E-state index is 12.2. The molecule has 1 aromatic carbocycles. The molecule has 9 heteroatoms. The lowest BCUT2D eigenvalue weighted by Gasteiger charge is -2.17. The molecule has 0 aliphatic heterocycles. The number of sulfonamides is 1. The lowest BCUT2D eigenvalue weighted by molar-refractivity contribution is -0.137. The van der Waals surface area contributed by atoms with Crippen molar-refractivity contribution in [3.8, 4) is 0 Å². The number of amides is 1. The Balaban J connectivity index is 2.69. The molecule has 0 heterocycles. The SMILES string of the molecule is COCCNS(=O)(=O)c1ccc(C(=O)N(C)CCCC(=O)O)cc1. The lowest BCUT2D eigenvalue weighted by atomic mass is 10.2. The van der Waals surface area contributed by atoms with Gasteiger partial charge < -0.3 is 14.7 Å². The van der Waals surface area contributed by atoms with E-state index < -0.39 is 16.0 Å². The van der Waals surface area contributed by atoms with Gasteiger partial charge in [0.05, 0.1) is 11.5 Å². The van der Waals surface area contributed by atoms with Crippen LogP contribution in [0.4, 0.5) is 0 Å². The number of hydrogen-bond donors (Lipinski definition) is 2. The predicted molar refractivity (Wildman–Crippen MR) is 87.3 cm³/mol. The van der Waals surface area contributed by atoms with Gasteiger partial charge in [-0.2, -0.15) is 0 Å². The molecule has 2 N–H and O–H groups in total. The van der Waals surface area contributed by atoms with E-state index >= 15 is 0 Å². The van der Waals surface area contributed by atoms with Crippen LogP contribution in [-0.4, -0.2) is 64.2 Å². The molecule has 0 unspecified atom stereocenters. The summed E-state index contributed by atoms with van der Waals surface area (Å²) in [5.74, 6) is -1.21. The number of rotatable bonds is 10. The molecule has 1 aromatic rings. The molecule has 0 atom stereocenters. The summed E-state index contributed by atoms with van der Waals surface area (Å²) in [4.78, 5) is 24.1. The van der Waals surface area contributed by atoms with Gasteiger partial charge in [-0.1, -0.05) is 0 Å². The fraction of sp³-hybridized carbons (Fsp3) is 0.467. The van der Waals surface area contributed by atoms with Crippen molar-refractivity contribution in [3.05, 3.63) is 29.8 Å². The molecule has 0 radical (unpaired) electrons. The van der Waals surface area contributed by atoms with E-state index in [1.54, 1.807) is 7.05 Å². The van der Waals surface area contributed by atoms with Crippen LogP contribution in [0.15, 0.2) is 29.2 Å². The van der Waals surface area contributed by atoms with Crippen LogP contribution in [0, 0.1) is 0 Å². The first-order valence-electron chi connectivity index (χ1n) is 7.34. The van der Waals surface area contributed by atoms with Crippen LogP contribution in [0.25, 0.3) is 0 Å². The molecule has 0 fully saturated rings. The number of aliphatic carboxylic acids is 1. The highest BCUT2D eigenvalue weighted by Crippen LogP contribution is 2.12. The molecule has 0 saturated heterocycles. The zero-order chi connectivity index (χ0) is 18.2. The standard InChI is InChI=1S/C15H22N2O6S/c1-17(10-3-4-14(18)19)15(20)12-5-7-13(8-6-12)24(21,22)16-9-11-23-2/h5-8,16H,3-4,9-11H2,1-2H3,(H,18,19). The Morgan fingerprint density at radius 1 is 1.25 bits per heavy atom. The van der Waals surface area contributed by atoms with E-state index in [-0.39, 0.29) is 30.4 Å². The van der Waals surface area contributed by atoms with Gasteiger partial charge in [0.25, 0.3) is 5.91 Å². The van der Waals surface area contributed by atoms with E-state index in [1.165, 1.54) is 36.3 Å². The Labute approximate surface area is 141 Å². The zero-order valence-electron chi connectivity index (χ0n) is 13.7. The van der Waals surface area contributed by atoms with E-state index in [0.717, 1.165) is 0 Å². The summed E-state index contributed by atoms with van der Waals surface area (Å²) in [5.41, 5.74) is 0.337. The lowest BCUT2D eigenvalue weighted by Crippen LogP contribution is -2.29. The predicted octanol–water partition coefficient (Wildman–Crippen LogP) is 0.548. The number of nitrogens with zero attached hydrogens (tertiary/aromatic N) is 1. The number of carboxylic acids is 1. The molecule has 1 amide bonds. The molecule has 0 spiro atoms. The van der Waals surface area contributed by atoms with E-state index in [0.29, 0.717) is 18.5 Å². The maximum Gasteiger partial charge on any atom is 0.303 e.